The van der Waals surface area contributed by atoms with Crippen molar-refractivity contribution in [3.8, 4) is 0 Å². The molecule has 1 saturated heterocycles. The summed E-state index contributed by atoms with van der Waals surface area (Å²) >= 11 is 0. The smallest absolute Gasteiger partial charge is 0.338 e. The first-order valence-electron chi connectivity index (χ1n) is 17.3. The zero-order chi connectivity index (χ0) is 34.4. The molecule has 2 N–H and O–H groups in total. The number of benzene rings is 1. The number of fused-ring (bicyclic) bond motifs is 2. The van der Waals surface area contributed by atoms with Gasteiger partial charge in [0.1, 0.15) is 35.6 Å². The van der Waals surface area contributed by atoms with Gasteiger partial charge in [-0.15, -0.1) is 0 Å². The molecule has 6 fully saturated rings. The second-order valence-corrected chi connectivity index (χ2v) is 14.8. The summed E-state index contributed by atoms with van der Waals surface area (Å²) in [5.41, 5.74) is -4.14. The Labute approximate surface area is 282 Å². The number of nitrogens with zero attached hydrogens (tertiary/aromatic N) is 1. The molecule has 0 aromatic heterocycles. The minimum absolute atomic E-state index is 0.170. The fourth-order valence-corrected chi connectivity index (χ4v) is 12.7. The Balaban J connectivity index is 1.51. The number of carbonyl (C=O) groups is 2. The van der Waals surface area contributed by atoms with Crippen LogP contribution < -0.4 is 0 Å². The summed E-state index contributed by atoms with van der Waals surface area (Å²) in [5, 5.41) is 25.5. The number of esters is 2. The molecular weight excluding hydrogens is 622 g/mol. The maximum Gasteiger partial charge on any atom is 0.338 e. The molecule has 48 heavy (non-hydrogen) atoms. The average Bonchev–Trinajstić information content (AvgIpc) is 3.44. The van der Waals surface area contributed by atoms with Gasteiger partial charge in [-0.2, -0.15) is 0 Å². The summed E-state index contributed by atoms with van der Waals surface area (Å²) in [5.74, 6) is -2.72. The van der Waals surface area contributed by atoms with Gasteiger partial charge in [-0.1, -0.05) is 25.1 Å². The highest BCUT2D eigenvalue weighted by atomic mass is 16.6. The zero-order valence-corrected chi connectivity index (χ0v) is 29.0. The highest BCUT2D eigenvalue weighted by Gasteiger charge is 2.91. The van der Waals surface area contributed by atoms with Crippen LogP contribution in [-0.2, 0) is 38.0 Å². The first-order chi connectivity index (χ1) is 23.0. The van der Waals surface area contributed by atoms with E-state index in [1.54, 1.807) is 45.6 Å². The van der Waals surface area contributed by atoms with Crippen molar-refractivity contribution >= 4 is 11.9 Å². The molecule has 5 aliphatic carbocycles. The minimum Gasteiger partial charge on any atom is -0.462 e. The van der Waals surface area contributed by atoms with E-state index in [1.165, 1.54) is 14.0 Å². The SMILES string of the molecule is CCO[C@@]12C3C(OC)[C@@H]4[C@]5(COC)CN(CC)[C@H]3[C@]4([C@@H](OC)C[C@H]5OC(C)=O)[C@@H]3C[C@@](O)([C@H](OC(=O)c4ccccc4)[C@@H]31)[C@@H](OC)[C@@H]2O. The molecule has 1 aliphatic heterocycles. The van der Waals surface area contributed by atoms with Gasteiger partial charge in [0.2, 0.25) is 0 Å². The molecule has 12 nitrogen and oxygen atoms in total. The number of hydrogen-bond donors (Lipinski definition) is 2. The molecule has 5 saturated carbocycles. The van der Waals surface area contributed by atoms with Crippen LogP contribution in [0.25, 0.3) is 0 Å². The molecule has 266 valence electrons. The molecule has 2 unspecified atom stereocenters. The largest absolute Gasteiger partial charge is 0.462 e. The quantitative estimate of drug-likeness (QED) is 0.330. The monoisotopic (exact) mass is 673 g/mol. The van der Waals surface area contributed by atoms with E-state index in [0.717, 1.165) is 0 Å². The van der Waals surface area contributed by atoms with Crippen LogP contribution in [0.3, 0.4) is 0 Å². The molecule has 15 atom stereocenters. The fourth-order valence-electron chi connectivity index (χ4n) is 12.7. The van der Waals surface area contributed by atoms with E-state index < -0.39 is 76.5 Å². The van der Waals surface area contributed by atoms with E-state index >= 15 is 0 Å². The summed E-state index contributed by atoms with van der Waals surface area (Å²) in [6, 6.07) is 8.51. The number of aliphatic hydroxyl groups excluding tert-OH is 1. The van der Waals surface area contributed by atoms with Gasteiger partial charge in [-0.3, -0.25) is 9.69 Å². The lowest BCUT2D eigenvalue weighted by Crippen LogP contribution is -2.81. The molecule has 6 aliphatic rings. The average molecular weight is 674 g/mol. The summed E-state index contributed by atoms with van der Waals surface area (Å²) in [6.45, 7) is 7.20. The lowest BCUT2D eigenvalue weighted by atomic mass is 9.42. The molecule has 0 radical (unpaired) electrons. The van der Waals surface area contributed by atoms with Crippen LogP contribution in [0.4, 0.5) is 0 Å². The van der Waals surface area contributed by atoms with E-state index in [1.807, 2.05) is 13.0 Å². The number of ether oxygens (including phenoxy) is 7. The Kier molecular flexibility index (Phi) is 8.55. The third-order valence-corrected chi connectivity index (χ3v) is 13.5. The van der Waals surface area contributed by atoms with Crippen molar-refractivity contribution < 1.29 is 53.0 Å². The van der Waals surface area contributed by atoms with Crippen LogP contribution in [0, 0.1) is 34.5 Å². The summed E-state index contributed by atoms with van der Waals surface area (Å²) in [6.07, 6.45) is -4.37. The number of hydrogen-bond acceptors (Lipinski definition) is 12. The number of likely N-dealkylation sites (tertiary alicyclic amines) is 1. The minimum atomic E-state index is -1.74. The van der Waals surface area contributed by atoms with Gasteiger partial charge < -0.3 is 43.4 Å². The molecule has 1 aromatic carbocycles. The standard InChI is InChI=1S/C36H51NO11/c1-8-37-17-33(18-42-4)22(47-19(3)38)15-23(43-5)35-21-16-34(41)30(48-32(40)20-13-11-10-12-14-20)24(21)36(46-9-2,29(39)31(34)45-7)25(28(35)37)26(44-6)27(33)35/h10-14,21-31,39,41H,8-9,15-18H2,1-7H3/t21-,22-,23+,24-,25?,26?,27-,28-,29+,30-,31+,33+,34-,35+,36-/m1/s1. The van der Waals surface area contributed by atoms with Gasteiger partial charge in [0.15, 0.2) is 0 Å². The van der Waals surface area contributed by atoms with E-state index in [2.05, 4.69) is 11.8 Å². The predicted molar refractivity (Wildman–Crippen MR) is 170 cm³/mol. The van der Waals surface area contributed by atoms with Gasteiger partial charge in [-0.05, 0) is 37.9 Å². The second-order valence-electron chi connectivity index (χ2n) is 14.8. The highest BCUT2D eigenvalue weighted by Crippen LogP contribution is 2.80. The number of aliphatic hydroxyl groups is 2. The second kappa shape index (κ2) is 12.0. The molecule has 0 amide bonds. The summed E-state index contributed by atoms with van der Waals surface area (Å²) in [4.78, 5) is 28.9. The lowest BCUT2D eigenvalue weighted by Gasteiger charge is -2.70. The van der Waals surface area contributed by atoms with E-state index in [9.17, 15) is 19.8 Å². The number of piperidine rings is 1. The molecule has 1 spiro atoms. The van der Waals surface area contributed by atoms with Crippen molar-refractivity contribution in [3.05, 3.63) is 35.9 Å². The van der Waals surface area contributed by atoms with Crippen molar-refractivity contribution in [1.29, 1.82) is 0 Å². The fraction of sp³-hybridized carbons (Fsp3) is 0.778. The maximum atomic E-state index is 13.8. The molecule has 12 heteroatoms. The van der Waals surface area contributed by atoms with E-state index in [4.69, 9.17) is 33.2 Å². The molecular formula is C36H51NO11. The summed E-state index contributed by atoms with van der Waals surface area (Å²) in [7, 11) is 6.51. The topological polar surface area (TPSA) is 142 Å². The Morgan fingerprint density at radius 3 is 2.27 bits per heavy atom. The van der Waals surface area contributed by atoms with E-state index in [0.29, 0.717) is 31.7 Å². The van der Waals surface area contributed by atoms with Crippen LogP contribution in [-0.4, -0.2) is 136 Å². The number of methoxy groups -OCH3 is 4. The Hall–Kier alpha value is -2.16. The predicted octanol–water partition coefficient (Wildman–Crippen LogP) is 1.69. The molecule has 1 heterocycles. The molecule has 7 rings (SSSR count). The van der Waals surface area contributed by atoms with Gasteiger partial charge in [0.25, 0.3) is 0 Å². The third-order valence-electron chi connectivity index (χ3n) is 13.5. The number of rotatable bonds is 11. The number of carbonyl (C=O) groups excluding carboxylic acids is 2. The Bertz CT molecular complexity index is 1400. The van der Waals surface area contributed by atoms with Crippen LogP contribution in [0.15, 0.2) is 30.3 Å². The lowest BCUT2D eigenvalue weighted by molar-refractivity contribution is -0.330. The van der Waals surface area contributed by atoms with Gasteiger partial charge in [0.05, 0.1) is 24.4 Å². The van der Waals surface area contributed by atoms with Gasteiger partial charge >= 0.3 is 11.9 Å². The van der Waals surface area contributed by atoms with Crippen LogP contribution >= 0.6 is 0 Å². The van der Waals surface area contributed by atoms with Crippen molar-refractivity contribution in [2.24, 2.45) is 34.5 Å². The van der Waals surface area contributed by atoms with Crippen LogP contribution in [0.1, 0.15) is 44.0 Å². The molecule has 1 aromatic rings. The zero-order valence-electron chi connectivity index (χ0n) is 29.0. The van der Waals surface area contributed by atoms with Crippen LogP contribution in [0.2, 0.25) is 0 Å². The highest BCUT2D eigenvalue weighted by molar-refractivity contribution is 5.89. The first kappa shape index (κ1) is 34.3. The third kappa shape index (κ3) is 4.00. The van der Waals surface area contributed by atoms with E-state index in [-0.39, 0.29) is 36.9 Å². The maximum absolute atomic E-state index is 13.8. The Morgan fingerprint density at radius 2 is 1.69 bits per heavy atom. The van der Waals surface area contributed by atoms with Crippen LogP contribution in [0.5, 0.6) is 0 Å². The normalized spacial score (nSPS) is 48.3. The summed E-state index contributed by atoms with van der Waals surface area (Å²) < 4.78 is 44.7. The Morgan fingerprint density at radius 1 is 0.958 bits per heavy atom. The first-order valence-corrected chi connectivity index (χ1v) is 17.3. The van der Waals surface area contributed by atoms with Crippen molar-refractivity contribution in [2.75, 3.05) is 54.7 Å². The van der Waals surface area contributed by atoms with Gasteiger partial charge in [-0.25, -0.2) is 4.79 Å². The van der Waals surface area contributed by atoms with Crippen molar-refractivity contribution in [3.63, 3.8) is 0 Å². The van der Waals surface area contributed by atoms with Crippen molar-refractivity contribution in [2.45, 2.75) is 87.5 Å². The van der Waals surface area contributed by atoms with Gasteiger partial charge in [0, 0.05) is 89.6 Å². The molecule has 7 bridgehead atoms. The van der Waals surface area contributed by atoms with Crippen molar-refractivity contribution in [1.82, 2.24) is 4.90 Å².